The maximum Gasteiger partial charge on any atom is 0.233 e. The van der Waals surface area contributed by atoms with Crippen LogP contribution in [0.1, 0.15) is 45.3 Å². The molecule has 19 heavy (non-hydrogen) atoms. The van der Waals surface area contributed by atoms with Crippen molar-refractivity contribution < 1.29 is 14.0 Å². The van der Waals surface area contributed by atoms with Gasteiger partial charge in [0.15, 0.2) is 0 Å². The van der Waals surface area contributed by atoms with Crippen LogP contribution < -0.4 is 5.32 Å². The first-order valence-electron chi connectivity index (χ1n) is 6.87. The van der Waals surface area contributed by atoms with E-state index in [1.807, 2.05) is 20.8 Å². The van der Waals surface area contributed by atoms with Crippen LogP contribution >= 0.6 is 0 Å². The average molecular weight is 269 g/mol. The Morgan fingerprint density at radius 3 is 2.84 bits per heavy atom. The summed E-state index contributed by atoms with van der Waals surface area (Å²) in [6.07, 6.45) is 0. The molecule has 0 saturated carbocycles. The van der Waals surface area contributed by atoms with Crippen LogP contribution in [-0.4, -0.2) is 42.5 Å². The number of hydrogen-bond acceptors (Lipinski definition) is 6. The van der Waals surface area contributed by atoms with E-state index >= 15 is 0 Å². The predicted octanol–water partition coefficient (Wildman–Crippen LogP) is 1.43. The number of rotatable bonds is 6. The Labute approximate surface area is 113 Å². The third-order valence-electron chi connectivity index (χ3n) is 3.35. The van der Waals surface area contributed by atoms with Gasteiger partial charge in [-0.2, -0.15) is 4.98 Å². The van der Waals surface area contributed by atoms with Gasteiger partial charge in [-0.25, -0.2) is 0 Å². The van der Waals surface area contributed by atoms with Crippen molar-refractivity contribution in [3.8, 4) is 0 Å². The summed E-state index contributed by atoms with van der Waals surface area (Å²) >= 11 is 0. The Kier molecular flexibility index (Phi) is 4.54. The van der Waals surface area contributed by atoms with E-state index in [1.165, 1.54) is 0 Å². The molecule has 1 saturated heterocycles. The second-order valence-electron chi connectivity index (χ2n) is 5.21. The van der Waals surface area contributed by atoms with Gasteiger partial charge in [0, 0.05) is 12.6 Å². The second kappa shape index (κ2) is 5.98. The fourth-order valence-electron chi connectivity index (χ4n) is 2.32. The van der Waals surface area contributed by atoms with Crippen molar-refractivity contribution in [1.29, 1.82) is 0 Å². The summed E-state index contributed by atoms with van der Waals surface area (Å²) in [5.74, 6) is 1.34. The van der Waals surface area contributed by atoms with Gasteiger partial charge in [0.2, 0.25) is 11.7 Å². The largest absolute Gasteiger partial charge is 0.379 e. The lowest BCUT2D eigenvalue weighted by atomic mass is 10.0. The van der Waals surface area contributed by atoms with Crippen LogP contribution in [0.15, 0.2) is 4.52 Å². The molecule has 108 valence electrons. The molecular formula is C13H23N3O3. The molecule has 0 aromatic carbocycles. The molecule has 1 aromatic rings. The van der Waals surface area contributed by atoms with Gasteiger partial charge in [-0.1, -0.05) is 12.1 Å². The molecule has 1 aromatic heterocycles. The van der Waals surface area contributed by atoms with Gasteiger partial charge in [0.05, 0.1) is 19.1 Å². The van der Waals surface area contributed by atoms with Crippen molar-refractivity contribution in [3.05, 3.63) is 11.7 Å². The molecule has 0 bridgehead atoms. The zero-order valence-electron chi connectivity index (χ0n) is 12.1. The van der Waals surface area contributed by atoms with Crippen LogP contribution in [0.5, 0.6) is 0 Å². The maximum atomic E-state index is 5.63. The monoisotopic (exact) mass is 269 g/mol. The summed E-state index contributed by atoms with van der Waals surface area (Å²) in [5.41, 5.74) is -0.524. The molecule has 2 unspecified atom stereocenters. The summed E-state index contributed by atoms with van der Waals surface area (Å²) < 4.78 is 16.5. The fraction of sp³-hybridized carbons (Fsp3) is 0.846. The van der Waals surface area contributed by atoms with E-state index in [0.717, 1.165) is 6.54 Å². The number of nitrogens with zero attached hydrogens (tertiary/aromatic N) is 2. The maximum absolute atomic E-state index is 5.63. The number of aromatic nitrogens is 2. The van der Waals surface area contributed by atoms with E-state index in [1.54, 1.807) is 0 Å². The van der Waals surface area contributed by atoms with Gasteiger partial charge < -0.3 is 19.3 Å². The minimum Gasteiger partial charge on any atom is -0.379 e. The molecule has 0 amide bonds. The van der Waals surface area contributed by atoms with Gasteiger partial charge in [-0.15, -0.1) is 0 Å². The lowest BCUT2D eigenvalue weighted by Crippen LogP contribution is -2.34. The fourth-order valence-corrected chi connectivity index (χ4v) is 2.32. The standard InChI is InChI=1S/C13H23N3O3/c1-5-14-10-8-17-7-9(10)11-15-12(16-19-11)13(3,4)18-6-2/h9-10,14H,5-8H2,1-4H3. The molecular weight excluding hydrogens is 246 g/mol. The highest BCUT2D eigenvalue weighted by molar-refractivity contribution is 5.05. The van der Waals surface area contributed by atoms with Crippen molar-refractivity contribution in [1.82, 2.24) is 15.5 Å². The third-order valence-corrected chi connectivity index (χ3v) is 3.35. The van der Waals surface area contributed by atoms with E-state index in [2.05, 4.69) is 22.4 Å². The normalized spacial score (nSPS) is 24.0. The molecule has 2 heterocycles. The van der Waals surface area contributed by atoms with Crippen LogP contribution in [0.2, 0.25) is 0 Å². The minimum absolute atomic E-state index is 0.124. The van der Waals surface area contributed by atoms with Crippen LogP contribution in [-0.2, 0) is 15.1 Å². The molecule has 2 atom stereocenters. The minimum atomic E-state index is -0.524. The highest BCUT2D eigenvalue weighted by atomic mass is 16.5. The Bertz CT molecular complexity index is 406. The van der Waals surface area contributed by atoms with Crippen molar-refractivity contribution in [2.45, 2.75) is 45.3 Å². The van der Waals surface area contributed by atoms with Crippen LogP contribution in [0, 0.1) is 0 Å². The molecule has 0 aliphatic carbocycles. The lowest BCUT2D eigenvalue weighted by Gasteiger charge is -2.20. The van der Waals surface area contributed by atoms with Crippen molar-refractivity contribution in [3.63, 3.8) is 0 Å². The van der Waals surface area contributed by atoms with E-state index < -0.39 is 5.60 Å². The van der Waals surface area contributed by atoms with Crippen molar-refractivity contribution in [2.75, 3.05) is 26.4 Å². The first-order chi connectivity index (χ1) is 9.08. The number of likely N-dealkylation sites (N-methyl/N-ethyl adjacent to an activating group) is 1. The quantitative estimate of drug-likeness (QED) is 0.842. The predicted molar refractivity (Wildman–Crippen MR) is 70.0 cm³/mol. The summed E-state index contributed by atoms with van der Waals surface area (Å²) in [4.78, 5) is 4.49. The topological polar surface area (TPSA) is 69.4 Å². The van der Waals surface area contributed by atoms with Gasteiger partial charge in [0.25, 0.3) is 0 Å². The smallest absolute Gasteiger partial charge is 0.233 e. The van der Waals surface area contributed by atoms with Gasteiger partial charge in [0.1, 0.15) is 5.60 Å². The Balaban J connectivity index is 2.12. The Morgan fingerprint density at radius 2 is 2.16 bits per heavy atom. The molecule has 1 aliphatic rings. The zero-order valence-corrected chi connectivity index (χ0v) is 12.1. The molecule has 2 rings (SSSR count). The van der Waals surface area contributed by atoms with E-state index in [9.17, 15) is 0 Å². The highest BCUT2D eigenvalue weighted by Gasteiger charge is 2.35. The van der Waals surface area contributed by atoms with E-state index in [4.69, 9.17) is 14.0 Å². The SMILES string of the molecule is CCNC1COCC1c1nc(C(C)(C)OCC)no1. The van der Waals surface area contributed by atoms with Crippen LogP contribution in [0.4, 0.5) is 0 Å². The summed E-state index contributed by atoms with van der Waals surface area (Å²) in [6.45, 7) is 10.7. The van der Waals surface area contributed by atoms with Gasteiger partial charge in [-0.3, -0.25) is 0 Å². The number of hydrogen-bond donors (Lipinski definition) is 1. The molecule has 0 spiro atoms. The summed E-state index contributed by atoms with van der Waals surface area (Å²) in [6, 6.07) is 0.244. The summed E-state index contributed by atoms with van der Waals surface area (Å²) in [7, 11) is 0. The van der Waals surface area contributed by atoms with Crippen LogP contribution in [0.25, 0.3) is 0 Å². The van der Waals surface area contributed by atoms with Crippen molar-refractivity contribution >= 4 is 0 Å². The van der Waals surface area contributed by atoms with Gasteiger partial charge in [-0.05, 0) is 27.3 Å². The Hall–Kier alpha value is -0.980. The second-order valence-corrected chi connectivity index (χ2v) is 5.21. The number of nitrogens with one attached hydrogen (secondary N) is 1. The number of ether oxygens (including phenoxy) is 2. The van der Waals surface area contributed by atoms with E-state index in [0.29, 0.717) is 31.5 Å². The van der Waals surface area contributed by atoms with Crippen molar-refractivity contribution in [2.24, 2.45) is 0 Å². The third kappa shape index (κ3) is 3.13. The molecule has 1 fully saturated rings. The molecule has 6 heteroatoms. The zero-order chi connectivity index (χ0) is 13.9. The van der Waals surface area contributed by atoms with Gasteiger partial charge >= 0.3 is 0 Å². The lowest BCUT2D eigenvalue weighted by molar-refractivity contribution is -0.0221. The first-order valence-corrected chi connectivity index (χ1v) is 6.87. The average Bonchev–Trinajstić information content (AvgIpc) is 2.96. The molecule has 1 N–H and O–H groups in total. The first kappa shape index (κ1) is 14.4. The Morgan fingerprint density at radius 1 is 1.37 bits per heavy atom. The van der Waals surface area contributed by atoms with E-state index in [-0.39, 0.29) is 12.0 Å². The molecule has 0 radical (unpaired) electrons. The van der Waals surface area contributed by atoms with Crippen LogP contribution in [0.3, 0.4) is 0 Å². The molecule has 6 nitrogen and oxygen atoms in total. The molecule has 1 aliphatic heterocycles. The highest BCUT2D eigenvalue weighted by Crippen LogP contribution is 2.28. The summed E-state index contributed by atoms with van der Waals surface area (Å²) in [5, 5.41) is 7.43.